The van der Waals surface area contributed by atoms with Gasteiger partial charge in [0.2, 0.25) is 10.0 Å². The second-order valence-electron chi connectivity index (χ2n) is 3.73. The van der Waals surface area contributed by atoms with E-state index in [0.717, 1.165) is 10.0 Å². The van der Waals surface area contributed by atoms with Gasteiger partial charge in [0.1, 0.15) is 0 Å². The molecule has 0 aliphatic heterocycles. The number of hydrogen-bond donors (Lipinski definition) is 2. The number of nitrogens with one attached hydrogen (secondary N) is 1. The number of aliphatic hydroxyl groups excluding tert-OH is 1. The second-order valence-corrected chi connectivity index (χ2v) is 7.18. The highest BCUT2D eigenvalue weighted by molar-refractivity contribution is 9.11. The zero-order valence-corrected chi connectivity index (χ0v) is 13.4. The molecule has 0 amide bonds. The van der Waals surface area contributed by atoms with Crippen molar-refractivity contribution in [2.75, 3.05) is 6.54 Å². The zero-order chi connectivity index (χ0) is 13.2. The molecule has 0 bridgehead atoms. The van der Waals surface area contributed by atoms with Gasteiger partial charge in [-0.15, -0.1) is 0 Å². The molecule has 1 atom stereocenters. The molecule has 0 spiro atoms. The maximum absolute atomic E-state index is 12.0. The number of halogens is 2. The Morgan fingerprint density at radius 3 is 2.47 bits per heavy atom. The number of aliphatic hydroxyl groups is 1. The van der Waals surface area contributed by atoms with Crippen molar-refractivity contribution in [2.45, 2.75) is 24.8 Å². The summed E-state index contributed by atoms with van der Waals surface area (Å²) in [6.45, 7) is 3.32. The van der Waals surface area contributed by atoms with Crippen LogP contribution in [0.1, 0.15) is 12.5 Å². The van der Waals surface area contributed by atoms with Gasteiger partial charge in [0.15, 0.2) is 0 Å². The molecule has 96 valence electrons. The largest absolute Gasteiger partial charge is 0.392 e. The van der Waals surface area contributed by atoms with Crippen LogP contribution in [-0.4, -0.2) is 26.2 Å². The molecular weight excluding hydrogens is 374 g/mol. The molecular formula is C10H13Br2NO3S. The number of benzene rings is 1. The van der Waals surface area contributed by atoms with E-state index in [4.69, 9.17) is 5.11 Å². The lowest BCUT2D eigenvalue weighted by molar-refractivity contribution is 0.198. The van der Waals surface area contributed by atoms with Crippen molar-refractivity contribution < 1.29 is 13.5 Å². The molecule has 0 heterocycles. The highest BCUT2D eigenvalue weighted by Gasteiger charge is 2.19. The minimum atomic E-state index is -3.60. The smallest absolute Gasteiger partial charge is 0.241 e. The Hall–Kier alpha value is 0.0500. The van der Waals surface area contributed by atoms with Crippen LogP contribution in [0.5, 0.6) is 0 Å². The van der Waals surface area contributed by atoms with Crippen molar-refractivity contribution >= 4 is 41.9 Å². The number of sulfonamides is 1. The van der Waals surface area contributed by atoms with E-state index in [-0.39, 0.29) is 11.4 Å². The molecule has 0 unspecified atom stereocenters. The Labute approximate surface area is 118 Å². The first-order valence-corrected chi connectivity index (χ1v) is 7.94. The molecule has 0 radical (unpaired) electrons. The molecule has 2 N–H and O–H groups in total. The molecule has 1 rings (SSSR count). The Morgan fingerprint density at radius 2 is 1.94 bits per heavy atom. The summed E-state index contributed by atoms with van der Waals surface area (Å²) in [4.78, 5) is 0.166. The summed E-state index contributed by atoms with van der Waals surface area (Å²) < 4.78 is 27.6. The molecule has 1 aromatic rings. The van der Waals surface area contributed by atoms with Gasteiger partial charge in [-0.05, 0) is 47.5 Å². The van der Waals surface area contributed by atoms with Gasteiger partial charge in [0.05, 0.1) is 11.0 Å². The lowest BCUT2D eigenvalue weighted by Crippen LogP contribution is -2.30. The molecule has 0 saturated carbocycles. The number of aryl methyl sites for hydroxylation is 1. The number of hydrogen-bond acceptors (Lipinski definition) is 3. The Kier molecular flexibility index (Phi) is 5.15. The fourth-order valence-corrected chi connectivity index (χ4v) is 4.04. The maximum atomic E-state index is 12.0. The SMILES string of the molecule is Cc1cc(S(=O)(=O)NC[C@@H](C)O)c(Br)cc1Br. The van der Waals surface area contributed by atoms with Crippen molar-refractivity contribution in [1.29, 1.82) is 0 Å². The molecule has 17 heavy (non-hydrogen) atoms. The summed E-state index contributed by atoms with van der Waals surface area (Å²) >= 11 is 6.54. The minimum Gasteiger partial charge on any atom is -0.392 e. The predicted molar refractivity (Wildman–Crippen MR) is 73.4 cm³/mol. The van der Waals surface area contributed by atoms with Crippen molar-refractivity contribution in [3.63, 3.8) is 0 Å². The third-order valence-electron chi connectivity index (χ3n) is 2.07. The van der Waals surface area contributed by atoms with Crippen molar-refractivity contribution in [3.05, 3.63) is 26.6 Å². The van der Waals surface area contributed by atoms with E-state index < -0.39 is 16.1 Å². The van der Waals surface area contributed by atoms with E-state index >= 15 is 0 Å². The summed E-state index contributed by atoms with van der Waals surface area (Å²) in [6, 6.07) is 3.25. The van der Waals surface area contributed by atoms with Gasteiger partial charge in [-0.3, -0.25) is 0 Å². The highest BCUT2D eigenvalue weighted by Crippen LogP contribution is 2.28. The average Bonchev–Trinajstić information content (AvgIpc) is 2.20. The van der Waals surface area contributed by atoms with Crippen LogP contribution in [0.2, 0.25) is 0 Å². The minimum absolute atomic E-state index is 0.0100. The van der Waals surface area contributed by atoms with Crippen LogP contribution in [0, 0.1) is 6.92 Å². The summed E-state index contributed by atoms with van der Waals surface area (Å²) in [6.07, 6.45) is -0.722. The van der Waals surface area contributed by atoms with E-state index in [9.17, 15) is 8.42 Å². The van der Waals surface area contributed by atoms with E-state index in [1.807, 2.05) is 6.92 Å². The summed E-state index contributed by atoms with van der Waals surface area (Å²) in [5.74, 6) is 0. The summed E-state index contributed by atoms with van der Waals surface area (Å²) in [5, 5.41) is 9.08. The van der Waals surface area contributed by atoms with Crippen LogP contribution in [0.25, 0.3) is 0 Å². The normalized spacial score (nSPS) is 13.7. The van der Waals surface area contributed by atoms with Crippen molar-refractivity contribution in [2.24, 2.45) is 0 Å². The molecule has 0 saturated heterocycles. The predicted octanol–water partition coefficient (Wildman–Crippen LogP) is 2.18. The average molecular weight is 387 g/mol. The lowest BCUT2D eigenvalue weighted by Gasteiger charge is -2.11. The Bertz CT molecular complexity index is 515. The topological polar surface area (TPSA) is 66.4 Å². The molecule has 0 aromatic heterocycles. The van der Waals surface area contributed by atoms with Crippen LogP contribution in [0.4, 0.5) is 0 Å². The van der Waals surface area contributed by atoms with Crippen molar-refractivity contribution in [1.82, 2.24) is 4.72 Å². The zero-order valence-electron chi connectivity index (χ0n) is 9.37. The standard InChI is InChI=1S/C10H13Br2NO3S/c1-6-3-10(9(12)4-8(6)11)17(15,16)13-5-7(2)14/h3-4,7,13-14H,5H2,1-2H3/t7-/m1/s1. The van der Waals surface area contributed by atoms with E-state index in [1.54, 1.807) is 12.1 Å². The van der Waals surface area contributed by atoms with Crippen LogP contribution >= 0.6 is 31.9 Å². The first kappa shape index (κ1) is 15.1. The molecule has 0 aliphatic rings. The molecule has 0 aliphatic carbocycles. The fourth-order valence-electron chi connectivity index (χ4n) is 1.14. The Morgan fingerprint density at radius 1 is 1.35 bits per heavy atom. The first-order valence-electron chi connectivity index (χ1n) is 4.87. The van der Waals surface area contributed by atoms with Crippen LogP contribution in [0.15, 0.2) is 26.0 Å². The van der Waals surface area contributed by atoms with Gasteiger partial charge in [0.25, 0.3) is 0 Å². The van der Waals surface area contributed by atoms with Crippen LogP contribution in [-0.2, 0) is 10.0 Å². The van der Waals surface area contributed by atoms with E-state index in [1.165, 1.54) is 6.92 Å². The van der Waals surface area contributed by atoms with Crippen LogP contribution in [0.3, 0.4) is 0 Å². The molecule has 0 fully saturated rings. The lowest BCUT2D eigenvalue weighted by atomic mass is 10.2. The summed E-state index contributed by atoms with van der Waals surface area (Å²) in [7, 11) is -3.60. The van der Waals surface area contributed by atoms with Gasteiger partial charge in [-0.2, -0.15) is 0 Å². The monoisotopic (exact) mass is 385 g/mol. The second kappa shape index (κ2) is 5.79. The van der Waals surface area contributed by atoms with Gasteiger partial charge in [0, 0.05) is 15.5 Å². The molecule has 7 heteroatoms. The van der Waals surface area contributed by atoms with Gasteiger partial charge in [-0.1, -0.05) is 15.9 Å². The van der Waals surface area contributed by atoms with Gasteiger partial charge < -0.3 is 5.11 Å². The Balaban J connectivity index is 3.11. The first-order chi connectivity index (χ1) is 7.74. The number of rotatable bonds is 4. The van der Waals surface area contributed by atoms with E-state index in [2.05, 4.69) is 36.6 Å². The third-order valence-corrected chi connectivity index (χ3v) is 5.31. The van der Waals surface area contributed by atoms with E-state index in [0.29, 0.717) is 4.47 Å². The highest BCUT2D eigenvalue weighted by atomic mass is 79.9. The quantitative estimate of drug-likeness (QED) is 0.833. The van der Waals surface area contributed by atoms with Crippen LogP contribution < -0.4 is 4.72 Å². The third kappa shape index (κ3) is 4.03. The summed E-state index contributed by atoms with van der Waals surface area (Å²) in [5.41, 5.74) is 0.825. The van der Waals surface area contributed by atoms with Crippen molar-refractivity contribution in [3.8, 4) is 0 Å². The molecule has 4 nitrogen and oxygen atoms in total. The maximum Gasteiger partial charge on any atom is 0.241 e. The fraction of sp³-hybridized carbons (Fsp3) is 0.400. The van der Waals surface area contributed by atoms with Gasteiger partial charge >= 0.3 is 0 Å². The molecule has 1 aromatic carbocycles. The van der Waals surface area contributed by atoms with Gasteiger partial charge in [-0.25, -0.2) is 13.1 Å².